The third-order valence-corrected chi connectivity index (χ3v) is 6.85. The summed E-state index contributed by atoms with van der Waals surface area (Å²) in [6.07, 6.45) is 2.13. The fraction of sp³-hybridized carbons (Fsp3) is 0.481. The van der Waals surface area contributed by atoms with Crippen molar-refractivity contribution in [2.75, 3.05) is 17.1 Å². The molecular formula is C27H39N3O4S. The first-order valence-corrected chi connectivity index (χ1v) is 14.0. The van der Waals surface area contributed by atoms with Gasteiger partial charge >= 0.3 is 0 Å². The third-order valence-electron chi connectivity index (χ3n) is 5.66. The highest BCUT2D eigenvalue weighted by molar-refractivity contribution is 7.92. The maximum Gasteiger partial charge on any atom is 0.243 e. The van der Waals surface area contributed by atoms with Gasteiger partial charge in [0.05, 0.1) is 11.9 Å². The molecule has 1 atom stereocenters. The summed E-state index contributed by atoms with van der Waals surface area (Å²) in [5, 5.41) is 2.92. The molecule has 2 aromatic carbocycles. The van der Waals surface area contributed by atoms with Crippen LogP contribution in [0.1, 0.15) is 56.7 Å². The van der Waals surface area contributed by atoms with E-state index >= 15 is 0 Å². The average molecular weight is 502 g/mol. The lowest BCUT2D eigenvalue weighted by molar-refractivity contribution is -0.141. The van der Waals surface area contributed by atoms with Crippen molar-refractivity contribution >= 4 is 27.5 Å². The number of anilines is 1. The minimum atomic E-state index is -3.52. The first kappa shape index (κ1) is 28.4. The van der Waals surface area contributed by atoms with E-state index in [0.29, 0.717) is 25.1 Å². The Balaban J connectivity index is 2.21. The van der Waals surface area contributed by atoms with E-state index in [4.69, 9.17) is 0 Å². The number of hydrogen-bond donors (Lipinski definition) is 1. The molecule has 0 fully saturated rings. The van der Waals surface area contributed by atoms with E-state index < -0.39 is 16.1 Å². The van der Waals surface area contributed by atoms with E-state index in [1.54, 1.807) is 4.90 Å². The second kappa shape index (κ2) is 12.7. The Hall–Kier alpha value is -2.87. The molecule has 0 saturated carbocycles. The number of nitrogens with one attached hydrogen (secondary N) is 1. The Morgan fingerprint density at radius 1 is 1.00 bits per heavy atom. The number of nitrogens with zero attached hydrogens (tertiary/aromatic N) is 2. The molecule has 0 radical (unpaired) electrons. The fourth-order valence-corrected chi connectivity index (χ4v) is 5.13. The zero-order chi connectivity index (χ0) is 26.2. The lowest BCUT2D eigenvalue weighted by Crippen LogP contribution is -2.50. The first-order chi connectivity index (χ1) is 16.4. The molecule has 0 heterocycles. The van der Waals surface area contributed by atoms with Gasteiger partial charge in [0.2, 0.25) is 21.8 Å². The van der Waals surface area contributed by atoms with Crippen LogP contribution in [0.5, 0.6) is 0 Å². The van der Waals surface area contributed by atoms with Crippen LogP contribution < -0.4 is 9.62 Å². The second-order valence-electron chi connectivity index (χ2n) is 9.38. The Labute approximate surface area is 210 Å². The van der Waals surface area contributed by atoms with Crippen molar-refractivity contribution in [3.8, 4) is 0 Å². The van der Waals surface area contributed by atoms with Crippen molar-refractivity contribution in [1.29, 1.82) is 0 Å². The molecule has 2 aromatic rings. The van der Waals surface area contributed by atoms with E-state index in [9.17, 15) is 18.0 Å². The number of benzene rings is 2. The molecule has 35 heavy (non-hydrogen) atoms. The molecule has 0 bridgehead atoms. The maximum absolute atomic E-state index is 13.4. The van der Waals surface area contributed by atoms with Crippen molar-refractivity contribution in [3.05, 3.63) is 65.2 Å². The largest absolute Gasteiger partial charge is 0.352 e. The molecular weight excluding hydrogens is 462 g/mol. The molecule has 0 aliphatic rings. The summed E-state index contributed by atoms with van der Waals surface area (Å²) in [7, 11) is -3.52. The molecule has 0 spiro atoms. The van der Waals surface area contributed by atoms with Gasteiger partial charge in [-0.1, -0.05) is 43.3 Å². The Morgan fingerprint density at radius 3 is 2.11 bits per heavy atom. The molecule has 1 N–H and O–H groups in total. The molecule has 0 aliphatic heterocycles. The first-order valence-electron chi connectivity index (χ1n) is 12.1. The van der Waals surface area contributed by atoms with Gasteiger partial charge in [-0.25, -0.2) is 8.42 Å². The highest BCUT2D eigenvalue weighted by atomic mass is 32.2. The van der Waals surface area contributed by atoms with Gasteiger partial charge in [0, 0.05) is 25.6 Å². The molecule has 1 unspecified atom stereocenters. The van der Waals surface area contributed by atoms with Crippen LogP contribution in [-0.2, 0) is 26.2 Å². The van der Waals surface area contributed by atoms with Gasteiger partial charge in [0.25, 0.3) is 0 Å². The zero-order valence-corrected chi connectivity index (χ0v) is 22.6. The van der Waals surface area contributed by atoms with Crippen LogP contribution in [0.25, 0.3) is 0 Å². The quantitative estimate of drug-likeness (QED) is 0.473. The van der Waals surface area contributed by atoms with Gasteiger partial charge in [-0.2, -0.15) is 0 Å². The van der Waals surface area contributed by atoms with Crippen LogP contribution in [-0.4, -0.2) is 50.0 Å². The Kier molecular flexibility index (Phi) is 10.3. The number of carbonyl (C=O) groups excluding carboxylic acids is 2. The Morgan fingerprint density at radius 2 is 1.60 bits per heavy atom. The van der Waals surface area contributed by atoms with Crippen molar-refractivity contribution in [3.63, 3.8) is 0 Å². The van der Waals surface area contributed by atoms with Crippen LogP contribution in [0.2, 0.25) is 0 Å². The summed E-state index contributed by atoms with van der Waals surface area (Å²) < 4.78 is 26.4. The number of rotatable bonds is 12. The van der Waals surface area contributed by atoms with Crippen LogP contribution in [0.3, 0.4) is 0 Å². The summed E-state index contributed by atoms with van der Waals surface area (Å²) in [4.78, 5) is 27.9. The molecule has 2 rings (SSSR count). The van der Waals surface area contributed by atoms with E-state index in [2.05, 4.69) is 5.32 Å². The smallest absolute Gasteiger partial charge is 0.243 e. The van der Waals surface area contributed by atoms with Gasteiger partial charge in [-0.05, 0) is 69.4 Å². The number of sulfonamides is 1. The summed E-state index contributed by atoms with van der Waals surface area (Å²) in [6, 6.07) is 14.6. The van der Waals surface area contributed by atoms with Gasteiger partial charge in [0.15, 0.2) is 0 Å². The predicted octanol–water partition coefficient (Wildman–Crippen LogP) is 4.18. The van der Waals surface area contributed by atoms with Gasteiger partial charge in [-0.3, -0.25) is 13.9 Å². The number of aryl methyl sites for hydroxylation is 2. The maximum atomic E-state index is 13.4. The lowest BCUT2D eigenvalue weighted by Gasteiger charge is -2.31. The molecule has 0 aromatic heterocycles. The normalized spacial score (nSPS) is 12.3. The summed E-state index contributed by atoms with van der Waals surface area (Å²) in [5.74, 6) is -0.353. The summed E-state index contributed by atoms with van der Waals surface area (Å²) >= 11 is 0. The van der Waals surface area contributed by atoms with Crippen LogP contribution >= 0.6 is 0 Å². The zero-order valence-electron chi connectivity index (χ0n) is 21.7. The number of carbonyl (C=O) groups is 2. The van der Waals surface area contributed by atoms with Crippen molar-refractivity contribution in [2.24, 2.45) is 0 Å². The number of hydrogen-bond acceptors (Lipinski definition) is 4. The highest BCUT2D eigenvalue weighted by Crippen LogP contribution is 2.22. The summed E-state index contributed by atoms with van der Waals surface area (Å²) in [6.45, 7) is 10.0. The molecule has 0 saturated heterocycles. The molecule has 0 aliphatic carbocycles. The monoisotopic (exact) mass is 501 g/mol. The second-order valence-corrected chi connectivity index (χ2v) is 11.3. The van der Waals surface area contributed by atoms with Gasteiger partial charge in [0.1, 0.15) is 6.04 Å². The van der Waals surface area contributed by atoms with Gasteiger partial charge < -0.3 is 10.2 Å². The fourth-order valence-electron chi connectivity index (χ4n) is 4.18. The minimum Gasteiger partial charge on any atom is -0.352 e. The average Bonchev–Trinajstić information content (AvgIpc) is 2.75. The molecule has 8 heteroatoms. The van der Waals surface area contributed by atoms with Crippen molar-refractivity contribution in [1.82, 2.24) is 10.2 Å². The van der Waals surface area contributed by atoms with E-state index in [0.717, 1.165) is 16.7 Å². The minimum absolute atomic E-state index is 0.0358. The van der Waals surface area contributed by atoms with Crippen molar-refractivity contribution in [2.45, 2.75) is 72.5 Å². The van der Waals surface area contributed by atoms with E-state index in [1.165, 1.54) is 10.6 Å². The molecule has 7 nitrogen and oxygen atoms in total. The topological polar surface area (TPSA) is 86.8 Å². The van der Waals surface area contributed by atoms with Crippen LogP contribution in [0.15, 0.2) is 48.5 Å². The highest BCUT2D eigenvalue weighted by Gasteiger charge is 2.29. The molecule has 192 valence electrons. The SMILES string of the molecule is CCC(C(=O)NC(C)C)N(Cc1ccccc1)C(=O)CCCN(c1cc(C)cc(C)c1)S(C)(=O)=O. The summed E-state index contributed by atoms with van der Waals surface area (Å²) in [5.41, 5.74) is 3.48. The Bertz CT molecular complexity index is 1080. The van der Waals surface area contributed by atoms with Gasteiger partial charge in [-0.15, -0.1) is 0 Å². The van der Waals surface area contributed by atoms with Crippen molar-refractivity contribution < 1.29 is 18.0 Å². The third kappa shape index (κ3) is 8.69. The van der Waals surface area contributed by atoms with E-state index in [1.807, 2.05) is 83.1 Å². The lowest BCUT2D eigenvalue weighted by atomic mass is 10.1. The standard InChI is InChI=1S/C27H39N3O4S/c1-7-25(27(32)28-20(2)3)29(19-23-12-9-8-10-13-23)26(31)14-11-15-30(35(6,33)34)24-17-21(4)16-22(5)18-24/h8-10,12-13,16-18,20,25H,7,11,14-15,19H2,1-6H3,(H,28,32). The van der Waals surface area contributed by atoms with Crippen LogP contribution in [0.4, 0.5) is 5.69 Å². The predicted molar refractivity (Wildman–Crippen MR) is 142 cm³/mol. The van der Waals surface area contributed by atoms with E-state index in [-0.39, 0.29) is 30.8 Å². The molecule has 2 amide bonds. The number of amides is 2. The van der Waals surface area contributed by atoms with Crippen LogP contribution in [0, 0.1) is 13.8 Å².